The van der Waals surface area contributed by atoms with Crippen LogP contribution >= 0.6 is 0 Å². The van der Waals surface area contributed by atoms with Gasteiger partial charge in [-0.1, -0.05) is 12.1 Å². The molecule has 1 nitrogen and oxygen atoms in total. The number of halogens is 2. The molecule has 3 heteroatoms. The second kappa shape index (κ2) is 4.63. The van der Waals surface area contributed by atoms with Gasteiger partial charge in [0, 0.05) is 11.1 Å². The Morgan fingerprint density at radius 3 is 2.50 bits per heavy atom. The molecule has 16 heavy (non-hydrogen) atoms. The predicted octanol–water partition coefficient (Wildman–Crippen LogP) is -3.19. The molecular weight excluding hydrogens is 334 g/mol. The average molecular weight is 345 g/mol. The van der Waals surface area contributed by atoms with Crippen LogP contribution in [-0.2, 0) is 0 Å². The van der Waals surface area contributed by atoms with E-state index in [1.807, 2.05) is 0 Å². The summed E-state index contributed by atoms with van der Waals surface area (Å²) in [5, 5.41) is 0. The van der Waals surface area contributed by atoms with Crippen LogP contribution < -0.4 is 38.3 Å². The van der Waals surface area contributed by atoms with Gasteiger partial charge < -0.3 is 17.1 Å². The molecule has 0 unspecified atom stereocenters. The number of rotatable bonds is 1. The van der Waals surface area contributed by atoms with Crippen LogP contribution in [-0.4, -0.2) is 7.11 Å². The van der Waals surface area contributed by atoms with Gasteiger partial charge in [0.25, 0.3) is 0 Å². The molecule has 1 heterocycles. The molecule has 82 valence electrons. The summed E-state index contributed by atoms with van der Waals surface area (Å²) in [5.74, 6) is 0.953. The summed E-state index contributed by atoms with van der Waals surface area (Å²) < 4.78 is 8.30. The highest BCUT2D eigenvalue weighted by Crippen LogP contribution is 2.25. The third-order valence-electron chi connectivity index (χ3n) is 2.54. The van der Waals surface area contributed by atoms with E-state index < -0.39 is 0 Å². The Morgan fingerprint density at radius 1 is 0.938 bits per heavy atom. The zero-order valence-electron chi connectivity index (χ0n) is 8.71. The van der Waals surface area contributed by atoms with E-state index >= 15 is 0 Å². The van der Waals surface area contributed by atoms with Crippen LogP contribution in [0.5, 0.6) is 5.75 Å². The Labute approximate surface area is 111 Å². The second-order valence-electron chi connectivity index (χ2n) is 3.42. The molecule has 0 saturated heterocycles. The van der Waals surface area contributed by atoms with Crippen LogP contribution in [0.25, 0.3) is 11.1 Å². The summed E-state index contributed by atoms with van der Waals surface area (Å²) in [6.07, 6.45) is 0. The highest BCUT2D eigenvalue weighted by Gasteiger charge is 2.32. The van der Waals surface area contributed by atoms with Crippen molar-refractivity contribution in [3.05, 3.63) is 49.6 Å². The minimum Gasteiger partial charge on any atom is -1.00 e. The van der Waals surface area contributed by atoms with Gasteiger partial charge in [-0.25, -0.2) is 0 Å². The van der Waals surface area contributed by atoms with E-state index in [2.05, 4.69) is 42.5 Å². The fraction of sp³-hybridized carbons (Fsp3) is 0.0769. The molecule has 2 aromatic rings. The van der Waals surface area contributed by atoms with Gasteiger partial charge in [0.15, 0.2) is 0 Å². The van der Waals surface area contributed by atoms with E-state index in [1.54, 1.807) is 7.11 Å². The number of methoxy groups -OCH3 is 1. The quantitative estimate of drug-likeness (QED) is 0.423. The van der Waals surface area contributed by atoms with Crippen molar-refractivity contribution in [3.63, 3.8) is 0 Å². The zero-order chi connectivity index (χ0) is 10.3. The molecule has 3 rings (SSSR count). The van der Waals surface area contributed by atoms with Crippen LogP contribution in [0.4, 0.5) is 0 Å². The Hall–Kier alpha value is -0.740. The molecular formula is C13H10ClIO. The molecule has 0 aliphatic carbocycles. The zero-order valence-corrected chi connectivity index (χ0v) is 11.6. The topological polar surface area (TPSA) is 9.23 Å². The molecule has 0 saturated carbocycles. The maximum Gasteiger partial charge on any atom is 0.359 e. The minimum absolute atomic E-state index is 0. The summed E-state index contributed by atoms with van der Waals surface area (Å²) in [6.45, 7) is 0. The fourth-order valence-electron chi connectivity index (χ4n) is 1.79. The number of fused-ring (bicyclic) bond motifs is 3. The van der Waals surface area contributed by atoms with Crippen molar-refractivity contribution in [1.29, 1.82) is 0 Å². The highest BCUT2D eigenvalue weighted by molar-refractivity contribution is 5.66. The van der Waals surface area contributed by atoms with Crippen LogP contribution in [0.1, 0.15) is 0 Å². The predicted molar refractivity (Wildman–Crippen MR) is 55.8 cm³/mol. The van der Waals surface area contributed by atoms with Crippen LogP contribution in [0.2, 0.25) is 0 Å². The molecule has 0 radical (unpaired) electrons. The molecule has 0 spiro atoms. The summed E-state index contributed by atoms with van der Waals surface area (Å²) in [5.41, 5.74) is 2.77. The number of hydrogen-bond donors (Lipinski definition) is 0. The SMILES string of the molecule is COc1ccc2c(c1)-c1ccccc1[I+]2.[Cl-]. The maximum absolute atomic E-state index is 5.27. The van der Waals surface area contributed by atoms with Crippen molar-refractivity contribution in [1.82, 2.24) is 0 Å². The molecule has 2 aromatic carbocycles. The average Bonchev–Trinajstić information content (AvgIpc) is 2.66. The fourth-order valence-corrected chi connectivity index (χ4v) is 4.66. The number of benzene rings is 2. The second-order valence-corrected chi connectivity index (χ2v) is 6.28. The lowest BCUT2D eigenvalue weighted by molar-refractivity contribution is -0.589. The minimum atomic E-state index is 0. The van der Waals surface area contributed by atoms with Gasteiger partial charge in [-0.15, -0.1) is 0 Å². The molecule has 1 aliphatic heterocycles. The van der Waals surface area contributed by atoms with E-state index in [9.17, 15) is 0 Å². The molecule has 0 atom stereocenters. The molecule has 0 amide bonds. The molecule has 0 bridgehead atoms. The smallest absolute Gasteiger partial charge is 0.359 e. The molecule has 0 N–H and O–H groups in total. The van der Waals surface area contributed by atoms with Gasteiger partial charge in [0.05, 0.1) is 7.11 Å². The Morgan fingerprint density at radius 2 is 1.69 bits per heavy atom. The van der Waals surface area contributed by atoms with Crippen molar-refractivity contribution in [3.8, 4) is 16.9 Å². The van der Waals surface area contributed by atoms with Crippen LogP contribution in [0, 0.1) is 7.14 Å². The van der Waals surface area contributed by atoms with E-state index in [0.29, 0.717) is 0 Å². The van der Waals surface area contributed by atoms with E-state index in [0.717, 1.165) is 5.75 Å². The van der Waals surface area contributed by atoms with Gasteiger partial charge in [-0.2, -0.15) is 0 Å². The Balaban J connectivity index is 0.000000963. The third kappa shape index (κ3) is 1.80. The van der Waals surface area contributed by atoms with Gasteiger partial charge in [-0.05, 0) is 30.3 Å². The monoisotopic (exact) mass is 344 g/mol. The van der Waals surface area contributed by atoms with Crippen LogP contribution in [0.3, 0.4) is 0 Å². The van der Waals surface area contributed by atoms with Crippen molar-refractivity contribution < 1.29 is 38.3 Å². The Kier molecular flexibility index (Phi) is 3.40. The number of ether oxygens (including phenoxy) is 1. The van der Waals surface area contributed by atoms with Crippen molar-refractivity contribution in [2.45, 2.75) is 0 Å². The largest absolute Gasteiger partial charge is 1.00 e. The van der Waals surface area contributed by atoms with Crippen molar-refractivity contribution in [2.75, 3.05) is 7.11 Å². The van der Waals surface area contributed by atoms with E-state index in [1.165, 1.54) is 18.3 Å². The first-order valence-corrected chi connectivity index (χ1v) is 6.96. The lowest BCUT2D eigenvalue weighted by Gasteiger charge is -1.99. The van der Waals surface area contributed by atoms with E-state index in [-0.39, 0.29) is 33.6 Å². The summed E-state index contributed by atoms with van der Waals surface area (Å²) in [6, 6.07) is 15.1. The van der Waals surface area contributed by atoms with Gasteiger partial charge in [-0.3, -0.25) is 0 Å². The Bertz CT molecular complexity index is 525. The lowest BCUT2D eigenvalue weighted by Crippen LogP contribution is -3.61. The normalized spacial score (nSPS) is 11.3. The molecule has 1 aliphatic rings. The maximum atomic E-state index is 5.27. The summed E-state index contributed by atoms with van der Waals surface area (Å²) >= 11 is 0.0291. The molecule has 0 aromatic heterocycles. The third-order valence-corrected chi connectivity index (χ3v) is 5.58. The first-order chi connectivity index (χ1) is 7.38. The first kappa shape index (κ1) is 11.7. The standard InChI is InChI=1S/C13H10IO.ClH/c1-15-9-6-7-13-11(8-9)10-4-2-3-5-12(10)14-13;/h2-8H,1H3;1H/q+1;/p-1. The summed E-state index contributed by atoms with van der Waals surface area (Å²) in [7, 11) is 1.72. The lowest BCUT2D eigenvalue weighted by atomic mass is 10.1. The van der Waals surface area contributed by atoms with Crippen LogP contribution in [0.15, 0.2) is 42.5 Å². The van der Waals surface area contributed by atoms with Gasteiger partial charge in [0.1, 0.15) is 5.75 Å². The van der Waals surface area contributed by atoms with E-state index in [4.69, 9.17) is 4.74 Å². The number of hydrogen-bond acceptors (Lipinski definition) is 1. The van der Waals surface area contributed by atoms with Crippen molar-refractivity contribution in [2.24, 2.45) is 0 Å². The first-order valence-electron chi connectivity index (χ1n) is 4.81. The molecule has 0 fully saturated rings. The van der Waals surface area contributed by atoms with Gasteiger partial charge in [0.2, 0.25) is 7.14 Å². The highest BCUT2D eigenvalue weighted by atomic mass is 127. The summed E-state index contributed by atoms with van der Waals surface area (Å²) in [4.78, 5) is 0. The van der Waals surface area contributed by atoms with Crippen molar-refractivity contribution >= 4 is 0 Å². The van der Waals surface area contributed by atoms with Gasteiger partial charge >= 0.3 is 21.2 Å².